The molecule has 0 aromatic carbocycles. The Morgan fingerprint density at radius 3 is 2.78 bits per heavy atom. The number of aromatic nitrogens is 2. The highest BCUT2D eigenvalue weighted by atomic mass is 19.1. The van der Waals surface area contributed by atoms with E-state index in [-0.39, 0.29) is 48.6 Å². The number of cyclic esters (lactones) is 1. The van der Waals surface area contributed by atoms with Gasteiger partial charge in [-0.3, -0.25) is 15.1 Å². The summed E-state index contributed by atoms with van der Waals surface area (Å²) < 4.78 is 20.4. The SMILES string of the molecule is C=CC1=CC(C2=CC(C)=NC(C)C2)=C(F)CC1[C@H](C)Nc1nccc(N2C(=O)OC[C@@H]2[C@@H](C)[N+](=O)[O-])n1. The third-order valence-electron chi connectivity index (χ3n) is 6.98. The monoisotopic (exact) mass is 510 g/mol. The number of anilines is 2. The molecule has 3 aliphatic rings. The van der Waals surface area contributed by atoms with E-state index in [0.717, 1.165) is 16.9 Å². The van der Waals surface area contributed by atoms with Crippen LogP contribution in [0.2, 0.25) is 0 Å². The average molecular weight is 511 g/mol. The van der Waals surface area contributed by atoms with Crippen molar-refractivity contribution >= 4 is 23.6 Å². The summed E-state index contributed by atoms with van der Waals surface area (Å²) in [5.41, 5.74) is 3.30. The van der Waals surface area contributed by atoms with Crippen molar-refractivity contribution in [3.63, 3.8) is 0 Å². The zero-order valence-corrected chi connectivity index (χ0v) is 21.3. The lowest BCUT2D eigenvalue weighted by Gasteiger charge is -2.31. The minimum atomic E-state index is -1.04. The van der Waals surface area contributed by atoms with Crippen LogP contribution < -0.4 is 10.2 Å². The van der Waals surface area contributed by atoms with Crippen LogP contribution in [0.15, 0.2) is 64.6 Å². The standard InChI is InChI=1S/C26H31FN6O4/c1-6-18-11-21(19-9-14(2)29-15(3)10-19)22(27)12-20(18)16(4)30-25-28-8-7-24(31-25)32-23(13-37-26(32)34)17(5)33(35)36/h6-9,11,15-17,20,23H,1,10,12-13H2,2-5H3,(H,28,30,31)/t15?,16-,17+,20?,23+/m0/s1. The normalized spacial score (nSPS) is 25.5. The molecule has 1 saturated heterocycles. The van der Waals surface area contributed by atoms with Crippen molar-refractivity contribution in [2.75, 3.05) is 16.8 Å². The number of aliphatic imine (C=N–C) groups is 1. The van der Waals surface area contributed by atoms with Crippen LogP contribution in [0.25, 0.3) is 0 Å². The first-order valence-corrected chi connectivity index (χ1v) is 12.3. The van der Waals surface area contributed by atoms with E-state index in [1.54, 1.807) is 6.08 Å². The number of hydrogen-bond acceptors (Lipinski definition) is 8. The Labute approximate surface area is 214 Å². The maximum Gasteiger partial charge on any atom is 0.416 e. The molecule has 1 fully saturated rings. The molecule has 1 aromatic rings. The number of nitro groups is 1. The lowest BCUT2D eigenvalue weighted by molar-refractivity contribution is -0.520. The Hall–Kier alpha value is -3.89. The number of carbonyl (C=O) groups excluding carboxylic acids is 1. The molecule has 3 heterocycles. The molecule has 2 aliphatic heterocycles. The minimum Gasteiger partial charge on any atom is -0.447 e. The Morgan fingerprint density at radius 1 is 1.35 bits per heavy atom. The molecule has 5 atom stereocenters. The summed E-state index contributed by atoms with van der Waals surface area (Å²) in [6.45, 7) is 11.1. The van der Waals surface area contributed by atoms with Crippen LogP contribution in [0.4, 0.5) is 21.0 Å². The van der Waals surface area contributed by atoms with Gasteiger partial charge in [-0.2, -0.15) is 4.98 Å². The fourth-order valence-electron chi connectivity index (χ4n) is 5.02. The molecule has 1 N–H and O–H groups in total. The topological polar surface area (TPSA) is 123 Å². The van der Waals surface area contributed by atoms with E-state index in [1.165, 1.54) is 24.1 Å². The molecule has 11 heteroatoms. The van der Waals surface area contributed by atoms with Gasteiger partial charge in [0, 0.05) is 47.7 Å². The maximum atomic E-state index is 15.4. The van der Waals surface area contributed by atoms with Crippen LogP contribution in [0.5, 0.6) is 0 Å². The number of nitrogens with one attached hydrogen (secondary N) is 1. The predicted molar refractivity (Wildman–Crippen MR) is 139 cm³/mol. The first-order chi connectivity index (χ1) is 17.6. The van der Waals surface area contributed by atoms with Gasteiger partial charge < -0.3 is 10.1 Å². The number of allylic oxidation sites excluding steroid dienone is 5. The number of nitrogens with zero attached hydrogens (tertiary/aromatic N) is 5. The van der Waals surface area contributed by atoms with Crippen molar-refractivity contribution in [2.45, 2.75) is 64.7 Å². The van der Waals surface area contributed by atoms with Crippen LogP contribution in [-0.4, -0.2) is 57.5 Å². The van der Waals surface area contributed by atoms with Gasteiger partial charge in [-0.05, 0) is 56.6 Å². The molecule has 0 saturated carbocycles. The third kappa shape index (κ3) is 5.45. The van der Waals surface area contributed by atoms with Crippen molar-refractivity contribution in [2.24, 2.45) is 10.9 Å². The Balaban J connectivity index is 1.53. The number of amides is 1. The van der Waals surface area contributed by atoms with E-state index in [9.17, 15) is 14.9 Å². The minimum absolute atomic E-state index is 0.101. The summed E-state index contributed by atoms with van der Waals surface area (Å²) in [5.74, 6) is -0.0170. The molecule has 2 unspecified atom stereocenters. The third-order valence-corrected chi connectivity index (χ3v) is 6.98. The summed E-state index contributed by atoms with van der Waals surface area (Å²) in [7, 11) is 0. The first kappa shape index (κ1) is 26.2. The maximum absolute atomic E-state index is 15.4. The summed E-state index contributed by atoms with van der Waals surface area (Å²) >= 11 is 0. The molecule has 1 amide bonds. The second-order valence-corrected chi connectivity index (χ2v) is 9.68. The highest BCUT2D eigenvalue weighted by Gasteiger charge is 2.44. The highest BCUT2D eigenvalue weighted by Crippen LogP contribution is 2.38. The van der Waals surface area contributed by atoms with Crippen molar-refractivity contribution in [3.8, 4) is 0 Å². The molecule has 0 radical (unpaired) electrons. The first-order valence-electron chi connectivity index (χ1n) is 12.3. The van der Waals surface area contributed by atoms with E-state index in [1.807, 2.05) is 32.9 Å². The van der Waals surface area contributed by atoms with Gasteiger partial charge in [0.25, 0.3) is 0 Å². The molecule has 4 rings (SSSR count). The van der Waals surface area contributed by atoms with E-state index >= 15 is 4.39 Å². The molecule has 0 bridgehead atoms. The number of ether oxygens (including phenoxy) is 1. The van der Waals surface area contributed by atoms with Gasteiger partial charge in [0.2, 0.25) is 12.0 Å². The molecule has 1 aliphatic carbocycles. The summed E-state index contributed by atoms with van der Waals surface area (Å²) in [6.07, 6.45) is 7.15. The molecular weight excluding hydrogens is 479 g/mol. The van der Waals surface area contributed by atoms with Crippen molar-refractivity contribution < 1.29 is 18.8 Å². The summed E-state index contributed by atoms with van der Waals surface area (Å²) in [4.78, 5) is 37.5. The van der Waals surface area contributed by atoms with E-state index < -0.39 is 23.1 Å². The lowest BCUT2D eigenvalue weighted by atomic mass is 9.80. The van der Waals surface area contributed by atoms with Crippen LogP contribution in [0, 0.1) is 16.0 Å². The van der Waals surface area contributed by atoms with Gasteiger partial charge in [0.05, 0.1) is 6.04 Å². The lowest BCUT2D eigenvalue weighted by Crippen LogP contribution is -2.45. The van der Waals surface area contributed by atoms with Gasteiger partial charge >= 0.3 is 6.09 Å². The highest BCUT2D eigenvalue weighted by molar-refractivity contribution is 5.95. The predicted octanol–water partition coefficient (Wildman–Crippen LogP) is 4.80. The molecule has 1 aromatic heterocycles. The molecule has 37 heavy (non-hydrogen) atoms. The van der Waals surface area contributed by atoms with Crippen molar-refractivity contribution in [1.82, 2.24) is 9.97 Å². The molecule has 0 spiro atoms. The summed E-state index contributed by atoms with van der Waals surface area (Å²) in [5, 5.41) is 14.5. The van der Waals surface area contributed by atoms with Crippen LogP contribution in [0.3, 0.4) is 0 Å². The number of hydrogen-bond donors (Lipinski definition) is 1. The van der Waals surface area contributed by atoms with Gasteiger partial charge in [-0.25, -0.2) is 19.1 Å². The van der Waals surface area contributed by atoms with E-state index in [0.29, 0.717) is 12.0 Å². The van der Waals surface area contributed by atoms with Crippen LogP contribution in [-0.2, 0) is 4.74 Å². The quantitative estimate of drug-likeness (QED) is 0.393. The zero-order chi connectivity index (χ0) is 26.9. The van der Waals surface area contributed by atoms with Gasteiger partial charge in [0.1, 0.15) is 24.3 Å². The largest absolute Gasteiger partial charge is 0.447 e. The Morgan fingerprint density at radius 2 is 2.11 bits per heavy atom. The number of dihydropyridines is 1. The Bertz CT molecular complexity index is 1240. The van der Waals surface area contributed by atoms with Crippen molar-refractivity contribution in [3.05, 3.63) is 69.7 Å². The second-order valence-electron chi connectivity index (χ2n) is 9.68. The second kappa shape index (κ2) is 10.6. The average Bonchev–Trinajstić information content (AvgIpc) is 3.23. The fourth-order valence-corrected chi connectivity index (χ4v) is 5.02. The van der Waals surface area contributed by atoms with Crippen LogP contribution in [0.1, 0.15) is 40.5 Å². The number of rotatable bonds is 8. The van der Waals surface area contributed by atoms with Crippen LogP contribution >= 0.6 is 0 Å². The van der Waals surface area contributed by atoms with E-state index in [4.69, 9.17) is 4.74 Å². The zero-order valence-electron chi connectivity index (χ0n) is 21.3. The molecule has 196 valence electrons. The van der Waals surface area contributed by atoms with Gasteiger partial charge in [-0.15, -0.1) is 0 Å². The number of halogens is 1. The van der Waals surface area contributed by atoms with Gasteiger partial charge in [-0.1, -0.05) is 12.7 Å². The van der Waals surface area contributed by atoms with E-state index in [2.05, 4.69) is 26.9 Å². The summed E-state index contributed by atoms with van der Waals surface area (Å²) in [6, 6.07) is -0.519. The fraction of sp³-hybridized carbons (Fsp3) is 0.462. The Kier molecular flexibility index (Phi) is 7.51. The number of carbonyl (C=O) groups is 1. The van der Waals surface area contributed by atoms with Gasteiger partial charge in [0.15, 0.2) is 0 Å². The molecule has 10 nitrogen and oxygen atoms in total. The molecular formula is C26H31FN6O4. The smallest absolute Gasteiger partial charge is 0.416 e. The van der Waals surface area contributed by atoms with Crippen molar-refractivity contribution in [1.29, 1.82) is 0 Å².